The first-order valence-corrected chi connectivity index (χ1v) is 10.0. The van der Waals surface area contributed by atoms with Crippen LogP contribution >= 0.6 is 24.4 Å². The van der Waals surface area contributed by atoms with E-state index in [1.54, 1.807) is 0 Å². The summed E-state index contributed by atoms with van der Waals surface area (Å²) in [6.07, 6.45) is 15.4. The highest BCUT2D eigenvalue weighted by atomic mass is 32.1. The van der Waals surface area contributed by atoms with Crippen molar-refractivity contribution in [3.63, 3.8) is 0 Å². The Labute approximate surface area is 161 Å². The molecule has 1 heterocycles. The SMILES string of the molecule is C=CC(=O)OCCCCCCCCCCCCn1ccc(=S)[nH]c1=S. The number of carbonyl (C=O) groups is 1. The molecule has 140 valence electrons. The number of hydrogen-bond acceptors (Lipinski definition) is 4. The maximum atomic E-state index is 10.9. The van der Waals surface area contributed by atoms with E-state index in [2.05, 4.69) is 16.1 Å². The zero-order valence-corrected chi connectivity index (χ0v) is 16.6. The van der Waals surface area contributed by atoms with Crippen molar-refractivity contribution in [1.29, 1.82) is 0 Å². The van der Waals surface area contributed by atoms with Gasteiger partial charge in [-0.1, -0.05) is 70.2 Å². The molecule has 6 heteroatoms. The number of esters is 1. The van der Waals surface area contributed by atoms with Gasteiger partial charge in [-0.15, -0.1) is 0 Å². The lowest BCUT2D eigenvalue weighted by Gasteiger charge is -2.06. The van der Waals surface area contributed by atoms with E-state index in [0.29, 0.717) is 16.0 Å². The minimum Gasteiger partial charge on any atom is -0.463 e. The van der Waals surface area contributed by atoms with E-state index < -0.39 is 0 Å². The summed E-state index contributed by atoms with van der Waals surface area (Å²) in [6, 6.07) is 1.88. The zero-order valence-electron chi connectivity index (χ0n) is 15.0. The van der Waals surface area contributed by atoms with Gasteiger partial charge in [-0.2, -0.15) is 0 Å². The molecule has 0 aliphatic rings. The quantitative estimate of drug-likeness (QED) is 0.188. The van der Waals surface area contributed by atoms with Crippen LogP contribution in [0.5, 0.6) is 0 Å². The van der Waals surface area contributed by atoms with Gasteiger partial charge in [0.1, 0.15) is 4.64 Å². The number of carbonyl (C=O) groups excluding carboxylic acids is 1. The van der Waals surface area contributed by atoms with Crippen LogP contribution in [-0.4, -0.2) is 22.1 Å². The molecule has 0 amide bonds. The van der Waals surface area contributed by atoms with Gasteiger partial charge in [-0.05, 0) is 31.1 Å². The van der Waals surface area contributed by atoms with Crippen molar-refractivity contribution in [2.75, 3.05) is 6.61 Å². The summed E-state index contributed by atoms with van der Waals surface area (Å²) < 4.78 is 8.41. The molecular weight excluding hydrogens is 352 g/mol. The lowest BCUT2D eigenvalue weighted by atomic mass is 10.1. The monoisotopic (exact) mass is 382 g/mol. The third-order valence-electron chi connectivity index (χ3n) is 4.10. The van der Waals surface area contributed by atoms with E-state index in [1.807, 2.05) is 12.3 Å². The molecule has 0 aliphatic heterocycles. The fourth-order valence-corrected chi connectivity index (χ4v) is 3.13. The molecule has 0 saturated heterocycles. The summed E-state index contributed by atoms with van der Waals surface area (Å²) in [5.74, 6) is -0.321. The number of H-pyrrole nitrogens is 1. The highest BCUT2D eigenvalue weighted by Gasteiger charge is 1.97. The smallest absolute Gasteiger partial charge is 0.330 e. The number of unbranched alkanes of at least 4 members (excludes halogenated alkanes) is 9. The third-order valence-corrected chi connectivity index (χ3v) is 4.68. The van der Waals surface area contributed by atoms with E-state index in [0.717, 1.165) is 25.8 Å². The number of nitrogens with zero attached hydrogens (tertiary/aromatic N) is 1. The van der Waals surface area contributed by atoms with Gasteiger partial charge in [0.15, 0.2) is 4.77 Å². The molecule has 1 rings (SSSR count). The summed E-state index contributed by atoms with van der Waals surface area (Å²) in [5, 5.41) is 0. The molecule has 1 aromatic heterocycles. The van der Waals surface area contributed by atoms with Crippen molar-refractivity contribution in [2.24, 2.45) is 0 Å². The molecule has 0 bridgehead atoms. The lowest BCUT2D eigenvalue weighted by Crippen LogP contribution is -2.01. The van der Waals surface area contributed by atoms with E-state index in [-0.39, 0.29) is 5.97 Å². The fraction of sp³-hybridized carbons (Fsp3) is 0.632. The molecule has 4 nitrogen and oxygen atoms in total. The zero-order chi connectivity index (χ0) is 18.3. The highest BCUT2D eigenvalue weighted by molar-refractivity contribution is 7.72. The Balaban J connectivity index is 1.87. The van der Waals surface area contributed by atoms with Crippen molar-refractivity contribution in [2.45, 2.75) is 70.8 Å². The maximum Gasteiger partial charge on any atom is 0.330 e. The Hall–Kier alpha value is -1.27. The van der Waals surface area contributed by atoms with Gasteiger partial charge in [-0.25, -0.2) is 4.79 Å². The van der Waals surface area contributed by atoms with Crippen molar-refractivity contribution < 1.29 is 9.53 Å². The predicted molar refractivity (Wildman–Crippen MR) is 108 cm³/mol. The molecule has 0 saturated carbocycles. The van der Waals surface area contributed by atoms with Crippen LogP contribution in [0.15, 0.2) is 24.9 Å². The van der Waals surface area contributed by atoms with E-state index >= 15 is 0 Å². The standard InChI is InChI=1S/C19H30N2O2S2/c1-2-18(22)23-16-12-10-8-6-4-3-5-7-9-11-14-21-15-13-17(24)20-19(21)25/h2,13,15H,1,3-12,14,16H2,(H,20,24,25). The van der Waals surface area contributed by atoms with E-state index in [9.17, 15) is 4.79 Å². The Morgan fingerprint density at radius 2 is 1.60 bits per heavy atom. The molecular formula is C19H30N2O2S2. The van der Waals surface area contributed by atoms with E-state index in [4.69, 9.17) is 29.2 Å². The minimum atomic E-state index is -0.321. The van der Waals surface area contributed by atoms with Crippen LogP contribution in [0.2, 0.25) is 0 Å². The number of nitrogens with one attached hydrogen (secondary N) is 1. The average molecular weight is 383 g/mol. The van der Waals surface area contributed by atoms with Crippen molar-refractivity contribution in [3.05, 3.63) is 34.3 Å². The first kappa shape index (κ1) is 21.8. The van der Waals surface area contributed by atoms with Gasteiger partial charge in [0.2, 0.25) is 0 Å². The summed E-state index contributed by atoms with van der Waals surface area (Å²) in [4.78, 5) is 13.9. The first-order chi connectivity index (χ1) is 12.1. The summed E-state index contributed by atoms with van der Waals surface area (Å²) >= 11 is 10.3. The molecule has 0 aliphatic carbocycles. The van der Waals surface area contributed by atoms with Crippen molar-refractivity contribution in [1.82, 2.24) is 9.55 Å². The molecule has 0 radical (unpaired) electrons. The number of hydrogen-bond donors (Lipinski definition) is 1. The summed E-state index contributed by atoms with van der Waals surface area (Å²) in [7, 11) is 0. The Morgan fingerprint density at radius 1 is 1.04 bits per heavy atom. The number of aryl methyl sites for hydroxylation is 1. The second kappa shape index (κ2) is 14.0. The lowest BCUT2D eigenvalue weighted by molar-refractivity contribution is -0.137. The number of aromatic amines is 1. The van der Waals surface area contributed by atoms with Crippen LogP contribution in [0.4, 0.5) is 0 Å². The Kier molecular flexibility index (Phi) is 12.2. The van der Waals surface area contributed by atoms with Crippen LogP contribution in [0, 0.1) is 9.41 Å². The predicted octanol–water partition coefficient (Wildman–Crippen LogP) is 5.91. The molecule has 0 unspecified atom stereocenters. The van der Waals surface area contributed by atoms with Gasteiger partial charge in [0.05, 0.1) is 6.61 Å². The van der Waals surface area contributed by atoms with Crippen molar-refractivity contribution >= 4 is 30.4 Å². The van der Waals surface area contributed by atoms with Crippen LogP contribution in [0.1, 0.15) is 64.2 Å². The Morgan fingerprint density at radius 3 is 2.16 bits per heavy atom. The molecule has 25 heavy (non-hydrogen) atoms. The minimum absolute atomic E-state index is 0.321. The summed E-state index contributed by atoms with van der Waals surface area (Å²) in [5.41, 5.74) is 0. The van der Waals surface area contributed by atoms with Crippen LogP contribution in [0.25, 0.3) is 0 Å². The molecule has 0 aromatic carbocycles. The first-order valence-electron chi connectivity index (χ1n) is 9.22. The van der Waals surface area contributed by atoms with Crippen LogP contribution < -0.4 is 0 Å². The van der Waals surface area contributed by atoms with Gasteiger partial charge >= 0.3 is 5.97 Å². The van der Waals surface area contributed by atoms with Crippen molar-refractivity contribution in [3.8, 4) is 0 Å². The second-order valence-electron chi connectivity index (χ2n) is 6.21. The summed E-state index contributed by atoms with van der Waals surface area (Å²) in [6.45, 7) is 4.85. The normalized spacial score (nSPS) is 10.6. The highest BCUT2D eigenvalue weighted by Crippen LogP contribution is 2.11. The number of ether oxygens (including phenoxy) is 1. The average Bonchev–Trinajstić information content (AvgIpc) is 2.60. The number of aromatic nitrogens is 2. The van der Waals surface area contributed by atoms with E-state index in [1.165, 1.54) is 51.0 Å². The molecule has 0 fully saturated rings. The van der Waals surface area contributed by atoms with Gasteiger partial charge < -0.3 is 14.3 Å². The van der Waals surface area contributed by atoms with Crippen LogP contribution in [0.3, 0.4) is 0 Å². The topological polar surface area (TPSA) is 47.0 Å². The largest absolute Gasteiger partial charge is 0.463 e. The molecule has 1 aromatic rings. The maximum absolute atomic E-state index is 10.9. The fourth-order valence-electron chi connectivity index (χ4n) is 2.65. The molecule has 0 spiro atoms. The third kappa shape index (κ3) is 11.1. The molecule has 0 atom stereocenters. The van der Waals surface area contributed by atoms with Gasteiger partial charge in [-0.3, -0.25) is 0 Å². The Bertz CT molecular complexity index is 622. The number of rotatable bonds is 14. The second-order valence-corrected chi connectivity index (χ2v) is 7.04. The van der Waals surface area contributed by atoms with Crippen LogP contribution in [-0.2, 0) is 16.1 Å². The van der Waals surface area contributed by atoms with Gasteiger partial charge in [0, 0.05) is 18.8 Å². The van der Waals surface area contributed by atoms with Gasteiger partial charge in [0.25, 0.3) is 0 Å². The molecule has 1 N–H and O–H groups in total.